The topological polar surface area (TPSA) is 48.1 Å². The lowest BCUT2D eigenvalue weighted by molar-refractivity contribution is -0.384. The molecule has 0 aliphatic heterocycles. The van der Waals surface area contributed by atoms with Gasteiger partial charge in [-0.15, -0.1) is 0 Å². The van der Waals surface area contributed by atoms with Crippen LogP contribution in [-0.4, -0.2) is 9.49 Å². The van der Waals surface area contributed by atoms with Crippen LogP contribution in [-0.2, 0) is 0 Å². The maximum atomic E-state index is 11.6. The Bertz CT molecular complexity index is 2300. The minimum Gasteiger partial charge on any atom is -0.323 e. The van der Waals surface area contributed by atoms with Crippen LogP contribution < -0.4 is 0 Å². The second-order valence-electron chi connectivity index (χ2n) is 10.7. The van der Waals surface area contributed by atoms with Crippen LogP contribution in [0.15, 0.2) is 146 Å². The SMILES string of the molecule is O=[N+]([O-])c1ccccc1-c1ccc2cn(-c3ccc(-c4ccc5c6ccccc6c6ccccc6c5c4)cc3)cc2c1. The van der Waals surface area contributed by atoms with Gasteiger partial charge in [0.1, 0.15) is 0 Å². The summed E-state index contributed by atoms with van der Waals surface area (Å²) in [5, 5.41) is 21.3. The Hall–Kier alpha value is -5.74. The van der Waals surface area contributed by atoms with Gasteiger partial charge in [0.2, 0.25) is 0 Å². The summed E-state index contributed by atoms with van der Waals surface area (Å²) < 4.78 is 2.11. The van der Waals surface area contributed by atoms with E-state index >= 15 is 0 Å². The maximum Gasteiger partial charge on any atom is 0.277 e. The second kappa shape index (κ2) is 9.43. The van der Waals surface area contributed by atoms with Crippen molar-refractivity contribution in [3.63, 3.8) is 0 Å². The van der Waals surface area contributed by atoms with E-state index in [0.717, 1.165) is 27.6 Å². The number of para-hydroxylation sites is 1. The van der Waals surface area contributed by atoms with Gasteiger partial charge in [-0.05, 0) is 84.7 Å². The third-order valence-electron chi connectivity index (χ3n) is 8.30. The number of nitro groups is 1. The minimum atomic E-state index is -0.327. The van der Waals surface area contributed by atoms with E-state index in [2.05, 4.69) is 108 Å². The third kappa shape index (κ3) is 3.85. The quantitative estimate of drug-likeness (QED) is 0.127. The largest absolute Gasteiger partial charge is 0.323 e. The summed E-state index contributed by atoms with van der Waals surface area (Å²) in [6.07, 6.45) is 4.18. The number of fused-ring (bicyclic) bond motifs is 7. The molecule has 0 fully saturated rings. The van der Waals surface area contributed by atoms with Crippen molar-refractivity contribution in [3.8, 4) is 27.9 Å². The molecule has 0 atom stereocenters. The first-order valence-corrected chi connectivity index (χ1v) is 13.9. The van der Waals surface area contributed by atoms with Gasteiger partial charge < -0.3 is 4.57 Å². The summed E-state index contributed by atoms with van der Waals surface area (Å²) in [5.41, 5.74) is 4.97. The van der Waals surface area contributed by atoms with Crippen molar-refractivity contribution in [1.82, 2.24) is 4.57 Å². The molecule has 0 saturated carbocycles. The standard InChI is InChI=1S/C38H24N2O2/c41-40(42)38-12-6-5-7-31(38)27-13-14-28-23-39(24-29(28)21-27)30-18-15-25(16-19-30)26-17-20-36-34-10-2-1-8-32(34)33-9-3-4-11-35(33)37(36)22-26/h1-24H. The number of nitro benzene ring substituents is 1. The van der Waals surface area contributed by atoms with E-state index in [0.29, 0.717) is 5.56 Å². The molecule has 7 aromatic carbocycles. The zero-order valence-electron chi connectivity index (χ0n) is 22.6. The molecule has 0 amide bonds. The van der Waals surface area contributed by atoms with Crippen molar-refractivity contribution in [3.05, 3.63) is 156 Å². The maximum absolute atomic E-state index is 11.6. The number of rotatable bonds is 4. The van der Waals surface area contributed by atoms with Gasteiger partial charge in [0, 0.05) is 29.5 Å². The molecule has 0 aliphatic rings. The number of hydrogen-bond acceptors (Lipinski definition) is 2. The summed E-state index contributed by atoms with van der Waals surface area (Å²) in [7, 11) is 0. The highest BCUT2D eigenvalue weighted by molar-refractivity contribution is 6.25. The monoisotopic (exact) mass is 540 g/mol. The summed E-state index contributed by atoms with van der Waals surface area (Å²) in [6.45, 7) is 0. The molecule has 0 bridgehead atoms. The van der Waals surface area contributed by atoms with Gasteiger partial charge >= 0.3 is 0 Å². The molecular formula is C38H24N2O2. The Kier molecular flexibility index (Phi) is 5.41. The minimum absolute atomic E-state index is 0.113. The smallest absolute Gasteiger partial charge is 0.277 e. The predicted octanol–water partition coefficient (Wildman–Crippen LogP) is 10.3. The normalized spacial score (nSPS) is 11.5. The molecule has 0 unspecified atom stereocenters. The molecule has 198 valence electrons. The Balaban J connectivity index is 1.17. The van der Waals surface area contributed by atoms with Crippen LogP contribution in [0.3, 0.4) is 0 Å². The lowest BCUT2D eigenvalue weighted by Crippen LogP contribution is -1.91. The van der Waals surface area contributed by atoms with Crippen molar-refractivity contribution in [2.75, 3.05) is 0 Å². The van der Waals surface area contributed by atoms with Crippen molar-refractivity contribution in [2.24, 2.45) is 0 Å². The van der Waals surface area contributed by atoms with Crippen molar-refractivity contribution in [2.45, 2.75) is 0 Å². The van der Waals surface area contributed by atoms with Crippen LogP contribution in [0.5, 0.6) is 0 Å². The molecule has 0 spiro atoms. The fraction of sp³-hybridized carbons (Fsp3) is 0. The number of hydrogen-bond donors (Lipinski definition) is 0. The molecule has 1 aromatic heterocycles. The molecule has 8 rings (SSSR count). The zero-order chi connectivity index (χ0) is 28.2. The van der Waals surface area contributed by atoms with Gasteiger partial charge in [0.25, 0.3) is 5.69 Å². The first-order valence-electron chi connectivity index (χ1n) is 13.9. The Morgan fingerprint density at radius 1 is 0.476 bits per heavy atom. The van der Waals surface area contributed by atoms with Crippen LogP contribution in [0.2, 0.25) is 0 Å². The van der Waals surface area contributed by atoms with Crippen molar-refractivity contribution < 1.29 is 4.92 Å². The fourth-order valence-electron chi connectivity index (χ4n) is 6.25. The van der Waals surface area contributed by atoms with Crippen LogP contribution in [0.25, 0.3) is 71.0 Å². The molecule has 4 heteroatoms. The van der Waals surface area contributed by atoms with E-state index in [4.69, 9.17) is 0 Å². The lowest BCUT2D eigenvalue weighted by Gasteiger charge is -2.12. The predicted molar refractivity (Wildman–Crippen MR) is 173 cm³/mol. The fourth-order valence-corrected chi connectivity index (χ4v) is 6.25. The average Bonchev–Trinajstić information content (AvgIpc) is 3.48. The van der Waals surface area contributed by atoms with Crippen LogP contribution in [0.4, 0.5) is 5.69 Å². The number of aromatic nitrogens is 1. The van der Waals surface area contributed by atoms with Gasteiger partial charge in [-0.2, -0.15) is 0 Å². The van der Waals surface area contributed by atoms with E-state index in [1.165, 1.54) is 37.9 Å². The van der Waals surface area contributed by atoms with Gasteiger partial charge in [0.05, 0.1) is 10.5 Å². The highest BCUT2D eigenvalue weighted by atomic mass is 16.6. The van der Waals surface area contributed by atoms with E-state index in [9.17, 15) is 10.1 Å². The van der Waals surface area contributed by atoms with E-state index in [-0.39, 0.29) is 10.6 Å². The second-order valence-corrected chi connectivity index (χ2v) is 10.7. The Labute approximate surface area is 241 Å². The molecule has 1 heterocycles. The van der Waals surface area contributed by atoms with Gasteiger partial charge in [-0.1, -0.05) is 97.1 Å². The first kappa shape index (κ1) is 24.1. The van der Waals surface area contributed by atoms with Gasteiger partial charge in [0.15, 0.2) is 0 Å². The number of benzene rings is 7. The Morgan fingerprint density at radius 3 is 1.71 bits per heavy atom. The van der Waals surface area contributed by atoms with E-state index in [1.807, 2.05) is 24.3 Å². The summed E-state index contributed by atoms with van der Waals surface area (Å²) in [5.74, 6) is 0. The zero-order valence-corrected chi connectivity index (χ0v) is 22.6. The van der Waals surface area contributed by atoms with Gasteiger partial charge in [-0.3, -0.25) is 10.1 Å². The van der Waals surface area contributed by atoms with Crippen LogP contribution in [0, 0.1) is 10.1 Å². The van der Waals surface area contributed by atoms with E-state index in [1.54, 1.807) is 18.2 Å². The highest BCUT2D eigenvalue weighted by Gasteiger charge is 2.15. The molecule has 0 saturated heterocycles. The molecule has 4 nitrogen and oxygen atoms in total. The molecule has 0 radical (unpaired) electrons. The lowest BCUT2D eigenvalue weighted by atomic mass is 9.92. The van der Waals surface area contributed by atoms with Crippen molar-refractivity contribution in [1.29, 1.82) is 0 Å². The molecule has 8 aromatic rings. The molecule has 0 aliphatic carbocycles. The van der Waals surface area contributed by atoms with E-state index < -0.39 is 0 Å². The molecular weight excluding hydrogens is 516 g/mol. The van der Waals surface area contributed by atoms with Crippen molar-refractivity contribution >= 4 is 48.8 Å². The Morgan fingerprint density at radius 2 is 1.02 bits per heavy atom. The third-order valence-corrected chi connectivity index (χ3v) is 8.30. The molecule has 42 heavy (non-hydrogen) atoms. The first-order chi connectivity index (χ1) is 20.6. The van der Waals surface area contributed by atoms with Gasteiger partial charge in [-0.25, -0.2) is 0 Å². The molecule has 0 N–H and O–H groups in total. The summed E-state index contributed by atoms with van der Waals surface area (Å²) in [6, 6.07) is 45.6. The summed E-state index contributed by atoms with van der Waals surface area (Å²) >= 11 is 0. The average molecular weight is 541 g/mol. The highest BCUT2D eigenvalue weighted by Crippen LogP contribution is 2.37. The van der Waals surface area contributed by atoms with Crippen LogP contribution >= 0.6 is 0 Å². The van der Waals surface area contributed by atoms with Crippen LogP contribution in [0.1, 0.15) is 0 Å². The number of nitrogens with zero attached hydrogens (tertiary/aromatic N) is 2. The summed E-state index contributed by atoms with van der Waals surface area (Å²) in [4.78, 5) is 11.2.